The largest absolute Gasteiger partial charge is 0.495 e. The van der Waals surface area contributed by atoms with Crippen molar-refractivity contribution < 1.29 is 22.7 Å². The van der Waals surface area contributed by atoms with Gasteiger partial charge in [0.05, 0.1) is 47.7 Å². The maximum Gasteiger partial charge on any atom is 0.253 e. The number of rotatable bonds is 8. The minimum atomic E-state index is -3.37. The quantitative estimate of drug-likeness (QED) is 0.365. The molecule has 3 aromatic rings. The van der Waals surface area contributed by atoms with Crippen LogP contribution in [-0.2, 0) is 21.1 Å². The summed E-state index contributed by atoms with van der Waals surface area (Å²) in [5.41, 5.74) is 2.84. The van der Waals surface area contributed by atoms with Gasteiger partial charge in [0.2, 0.25) is 0 Å². The van der Waals surface area contributed by atoms with Gasteiger partial charge in [0.1, 0.15) is 17.8 Å². The summed E-state index contributed by atoms with van der Waals surface area (Å²) in [6, 6.07) is 10.9. The van der Waals surface area contributed by atoms with Gasteiger partial charge in [0.15, 0.2) is 9.84 Å². The summed E-state index contributed by atoms with van der Waals surface area (Å²) in [4.78, 5) is 20.9. The number of carbonyl (C=O) groups excluding carboxylic acids is 1. The van der Waals surface area contributed by atoms with Crippen molar-refractivity contribution in [3.8, 4) is 23.7 Å². The third kappa shape index (κ3) is 7.16. The molecule has 3 heterocycles. The Hall–Kier alpha value is -4.10. The predicted octanol–water partition coefficient (Wildman–Crippen LogP) is 3.05. The number of nitriles is 1. The molecule has 0 spiro atoms. The first kappa shape index (κ1) is 31.3. The summed E-state index contributed by atoms with van der Waals surface area (Å²) in [6.07, 6.45) is 5.70. The van der Waals surface area contributed by atoms with E-state index >= 15 is 0 Å². The molecule has 1 aromatic heterocycles. The molecule has 1 amide bonds. The van der Waals surface area contributed by atoms with Crippen molar-refractivity contribution in [3.63, 3.8) is 0 Å². The summed E-state index contributed by atoms with van der Waals surface area (Å²) in [5.74, 6) is 6.67. The molecule has 2 saturated heterocycles. The molecule has 12 heteroatoms. The predicted molar refractivity (Wildman–Crippen MR) is 167 cm³/mol. The van der Waals surface area contributed by atoms with Crippen molar-refractivity contribution in [2.75, 3.05) is 51.5 Å². The van der Waals surface area contributed by atoms with Gasteiger partial charge < -0.3 is 24.7 Å². The Morgan fingerprint density at radius 3 is 2.70 bits per heavy atom. The lowest BCUT2D eigenvalue weighted by Crippen LogP contribution is -2.53. The first-order chi connectivity index (χ1) is 21.2. The number of imidazole rings is 1. The van der Waals surface area contributed by atoms with Gasteiger partial charge in [-0.1, -0.05) is 18.8 Å². The number of benzene rings is 2. The van der Waals surface area contributed by atoms with Gasteiger partial charge in [-0.25, -0.2) is 13.4 Å². The second-order valence-corrected chi connectivity index (χ2v) is 13.4. The summed E-state index contributed by atoms with van der Waals surface area (Å²) in [6.45, 7) is 6.02. The minimum Gasteiger partial charge on any atom is -0.495 e. The van der Waals surface area contributed by atoms with Crippen LogP contribution >= 0.6 is 0 Å². The van der Waals surface area contributed by atoms with E-state index in [2.05, 4.69) is 45.4 Å². The van der Waals surface area contributed by atoms with Gasteiger partial charge in [-0.3, -0.25) is 9.69 Å². The summed E-state index contributed by atoms with van der Waals surface area (Å²) < 4.78 is 36.4. The normalized spacial score (nSPS) is 19.5. The third-order valence-corrected chi connectivity index (χ3v) is 9.48. The number of amides is 1. The van der Waals surface area contributed by atoms with E-state index in [1.165, 1.54) is 19.2 Å². The molecule has 0 unspecified atom stereocenters. The van der Waals surface area contributed by atoms with Crippen LogP contribution in [0.5, 0.6) is 5.75 Å². The van der Waals surface area contributed by atoms with Gasteiger partial charge in [0, 0.05) is 56.3 Å². The van der Waals surface area contributed by atoms with Crippen LogP contribution in [0.2, 0.25) is 0 Å². The van der Waals surface area contributed by atoms with Gasteiger partial charge >= 0.3 is 0 Å². The highest BCUT2D eigenvalue weighted by Gasteiger charge is 2.32. The van der Waals surface area contributed by atoms with Crippen molar-refractivity contribution in [3.05, 3.63) is 47.8 Å². The van der Waals surface area contributed by atoms with Crippen LogP contribution in [0.3, 0.4) is 0 Å². The van der Waals surface area contributed by atoms with Crippen LogP contribution in [0.4, 0.5) is 5.69 Å². The number of carbonyl (C=O) groups is 1. The van der Waals surface area contributed by atoms with Gasteiger partial charge in [-0.15, -0.1) is 0 Å². The van der Waals surface area contributed by atoms with E-state index in [1.54, 1.807) is 23.0 Å². The van der Waals surface area contributed by atoms with E-state index in [0.717, 1.165) is 51.8 Å². The maximum atomic E-state index is 13.7. The molecule has 2 N–H and O–H groups in total. The molecular weight excluding hydrogens is 580 g/mol. The van der Waals surface area contributed by atoms with Crippen molar-refractivity contribution >= 4 is 32.5 Å². The second-order valence-electron chi connectivity index (χ2n) is 11.4. The number of nitrogens with one attached hydrogen (secondary N) is 2. The van der Waals surface area contributed by atoms with E-state index in [-0.39, 0.29) is 29.9 Å². The zero-order chi connectivity index (χ0) is 31.3. The molecule has 44 heavy (non-hydrogen) atoms. The topological polar surface area (TPSA) is 139 Å². The smallest absolute Gasteiger partial charge is 0.253 e. The van der Waals surface area contributed by atoms with E-state index in [4.69, 9.17) is 9.47 Å². The number of sulfone groups is 1. The first-order valence-corrected chi connectivity index (χ1v) is 16.7. The lowest BCUT2D eigenvalue weighted by Gasteiger charge is -2.42. The fourth-order valence-corrected chi connectivity index (χ4v) is 6.60. The van der Waals surface area contributed by atoms with Crippen LogP contribution in [0, 0.1) is 29.1 Å². The molecule has 0 aliphatic carbocycles. The minimum absolute atomic E-state index is 0.0397. The number of likely N-dealkylation sites (tertiary alicyclic amines) is 1. The number of hydrogen-bond acceptors (Lipinski definition) is 9. The Morgan fingerprint density at radius 2 is 2.00 bits per heavy atom. The third-order valence-electron chi connectivity index (χ3n) is 8.37. The molecule has 232 valence electrons. The fourth-order valence-electron chi connectivity index (χ4n) is 5.97. The molecule has 2 aliphatic heterocycles. The van der Waals surface area contributed by atoms with E-state index < -0.39 is 9.84 Å². The summed E-state index contributed by atoms with van der Waals surface area (Å²) >= 11 is 0. The highest BCUT2D eigenvalue weighted by molar-refractivity contribution is 7.90. The highest BCUT2D eigenvalue weighted by atomic mass is 32.2. The SMILES string of the molecule is COc1cc(S(C)(=O)=O)ccc1NCC#Cc1cc(C(=O)N[C@H]2CCN(C3CCOCC3)C[C@@H]2C)c2ncn(CC#N)c2c1. The average molecular weight is 619 g/mol. The van der Waals surface area contributed by atoms with Crippen molar-refractivity contribution in [2.24, 2.45) is 5.92 Å². The Bertz CT molecular complexity index is 1730. The molecule has 0 saturated carbocycles. The van der Waals surface area contributed by atoms with E-state index in [0.29, 0.717) is 45.6 Å². The van der Waals surface area contributed by atoms with E-state index in [9.17, 15) is 18.5 Å². The van der Waals surface area contributed by atoms with Gasteiger partial charge in [0.25, 0.3) is 5.91 Å². The van der Waals surface area contributed by atoms with Crippen LogP contribution in [0.15, 0.2) is 41.6 Å². The molecule has 2 fully saturated rings. The molecule has 0 bridgehead atoms. The number of hydrogen-bond donors (Lipinski definition) is 2. The standard InChI is InChI=1S/C32H38N6O5S/c1-22-20-37(24-9-15-43-16-10-24)13-8-27(22)36-32(39)26-17-23(18-29-31(26)35-21-38(29)14-11-33)5-4-12-34-28-7-6-25(44(3,40)41)19-30(28)42-2/h6-7,17-19,21-22,24,27,34H,8-10,12-16,20H2,1-3H3,(H,36,39)/t22-,27-/m0/s1. The molecule has 5 rings (SSSR count). The zero-order valence-electron chi connectivity index (χ0n) is 25.3. The van der Waals surface area contributed by atoms with Crippen LogP contribution in [0.25, 0.3) is 11.0 Å². The molecule has 2 aromatic carbocycles. The van der Waals surface area contributed by atoms with Crippen LogP contribution < -0.4 is 15.4 Å². The van der Waals surface area contributed by atoms with Crippen molar-refractivity contribution in [1.29, 1.82) is 5.26 Å². The van der Waals surface area contributed by atoms with E-state index in [1.807, 2.05) is 6.07 Å². The number of aromatic nitrogens is 2. The monoisotopic (exact) mass is 618 g/mol. The Kier molecular flexibility index (Phi) is 9.74. The second kappa shape index (κ2) is 13.7. The highest BCUT2D eigenvalue weighted by Crippen LogP contribution is 2.28. The fraction of sp³-hybridized carbons (Fsp3) is 0.469. The van der Waals surface area contributed by atoms with Gasteiger partial charge in [-0.05, 0) is 49.4 Å². The van der Waals surface area contributed by atoms with Crippen LogP contribution in [-0.4, -0.2) is 87.1 Å². The molecule has 2 atom stereocenters. The first-order valence-electron chi connectivity index (χ1n) is 14.8. The summed E-state index contributed by atoms with van der Waals surface area (Å²) in [7, 11) is -1.89. The lowest BCUT2D eigenvalue weighted by molar-refractivity contribution is 0.0136. The number of ether oxygens (including phenoxy) is 2. The van der Waals surface area contributed by atoms with Gasteiger partial charge in [-0.2, -0.15) is 5.26 Å². The number of methoxy groups -OCH3 is 1. The molecule has 11 nitrogen and oxygen atoms in total. The number of nitrogens with zero attached hydrogens (tertiary/aromatic N) is 4. The average Bonchev–Trinajstić information content (AvgIpc) is 3.42. The number of anilines is 1. The Morgan fingerprint density at radius 1 is 1.20 bits per heavy atom. The van der Waals surface area contributed by atoms with Crippen LogP contribution in [0.1, 0.15) is 42.1 Å². The number of fused-ring (bicyclic) bond motifs is 1. The summed E-state index contributed by atoms with van der Waals surface area (Å²) in [5, 5.41) is 15.7. The molecular formula is C32H38N6O5S. The van der Waals surface area contributed by atoms with Crippen molar-refractivity contribution in [2.45, 2.75) is 49.7 Å². The Balaban J connectivity index is 1.32. The van der Waals surface area contributed by atoms with Crippen molar-refractivity contribution in [1.82, 2.24) is 19.8 Å². The molecule has 2 aliphatic rings. The zero-order valence-corrected chi connectivity index (χ0v) is 26.1. The Labute approximate surface area is 258 Å². The lowest BCUT2D eigenvalue weighted by atomic mass is 9.91. The molecule has 0 radical (unpaired) electrons. The number of piperidine rings is 1. The maximum absolute atomic E-state index is 13.7.